The minimum absolute atomic E-state index is 0.106. The molecular formula is C20H16FNO4S2. The van der Waals surface area contributed by atoms with Crippen molar-refractivity contribution < 1.29 is 23.8 Å². The Kier molecular flexibility index (Phi) is 5.61. The van der Waals surface area contributed by atoms with Crippen molar-refractivity contribution in [2.45, 2.75) is 29.4 Å². The fourth-order valence-corrected chi connectivity index (χ4v) is 4.70. The Labute approximate surface area is 169 Å². The van der Waals surface area contributed by atoms with Gasteiger partial charge in [-0.3, -0.25) is 4.79 Å². The third-order valence-electron chi connectivity index (χ3n) is 4.11. The summed E-state index contributed by atoms with van der Waals surface area (Å²) in [6.45, 7) is 0.268. The summed E-state index contributed by atoms with van der Waals surface area (Å²) in [7, 11) is 0. The van der Waals surface area contributed by atoms with Crippen LogP contribution in [0.1, 0.15) is 28.7 Å². The molecular weight excluding hydrogens is 401 g/mol. The molecule has 2 heterocycles. The van der Waals surface area contributed by atoms with Gasteiger partial charge in [0.05, 0.1) is 18.7 Å². The third kappa shape index (κ3) is 4.35. The van der Waals surface area contributed by atoms with Crippen molar-refractivity contribution in [3.63, 3.8) is 0 Å². The van der Waals surface area contributed by atoms with E-state index in [2.05, 4.69) is 4.98 Å². The predicted octanol–water partition coefficient (Wildman–Crippen LogP) is 4.81. The lowest BCUT2D eigenvalue weighted by molar-refractivity contribution is -0.136. The van der Waals surface area contributed by atoms with Gasteiger partial charge in [0.15, 0.2) is 0 Å². The maximum atomic E-state index is 14.0. The molecule has 8 heteroatoms. The van der Waals surface area contributed by atoms with Crippen LogP contribution in [0.15, 0.2) is 52.2 Å². The first-order valence-corrected chi connectivity index (χ1v) is 10.4. The van der Waals surface area contributed by atoms with Crippen molar-refractivity contribution in [1.29, 1.82) is 0 Å². The highest BCUT2D eigenvalue weighted by molar-refractivity contribution is 8.00. The first-order valence-electron chi connectivity index (χ1n) is 8.52. The molecule has 1 unspecified atom stereocenters. The second kappa shape index (κ2) is 8.30. The van der Waals surface area contributed by atoms with E-state index in [-0.39, 0.29) is 18.8 Å². The van der Waals surface area contributed by atoms with Crippen molar-refractivity contribution in [1.82, 2.24) is 4.98 Å². The van der Waals surface area contributed by atoms with Crippen LogP contribution in [0, 0.1) is 5.82 Å². The van der Waals surface area contributed by atoms with Crippen molar-refractivity contribution >= 4 is 29.1 Å². The van der Waals surface area contributed by atoms with Crippen LogP contribution in [0.5, 0.6) is 5.75 Å². The Morgan fingerprint density at radius 1 is 1.32 bits per heavy atom. The Balaban J connectivity index is 1.52. The number of hydrogen-bond donors (Lipinski definition) is 1. The number of carboxylic acids is 1. The van der Waals surface area contributed by atoms with E-state index >= 15 is 0 Å². The van der Waals surface area contributed by atoms with Crippen LogP contribution in [0.3, 0.4) is 0 Å². The van der Waals surface area contributed by atoms with Crippen LogP contribution < -0.4 is 4.74 Å². The number of carbonyl (C=O) groups is 1. The largest absolute Gasteiger partial charge is 0.481 e. The van der Waals surface area contributed by atoms with Crippen LogP contribution >= 0.6 is 23.1 Å². The number of ether oxygens (including phenoxy) is 2. The van der Waals surface area contributed by atoms with Gasteiger partial charge in [0.2, 0.25) is 6.29 Å². The van der Waals surface area contributed by atoms with Gasteiger partial charge in [0.1, 0.15) is 15.9 Å². The van der Waals surface area contributed by atoms with Crippen molar-refractivity contribution in [2.24, 2.45) is 0 Å². The summed E-state index contributed by atoms with van der Waals surface area (Å²) < 4.78 is 26.6. The molecule has 1 aromatic heterocycles. The highest BCUT2D eigenvalue weighted by atomic mass is 32.2. The summed E-state index contributed by atoms with van der Waals surface area (Å²) in [6, 6.07) is 12.5. The van der Waals surface area contributed by atoms with Gasteiger partial charge in [-0.05, 0) is 12.1 Å². The molecule has 0 radical (unpaired) electrons. The number of halogens is 1. The number of hydrogen-bond acceptors (Lipinski definition) is 6. The number of benzene rings is 2. The number of fused-ring (bicyclic) bond motifs is 1. The van der Waals surface area contributed by atoms with Gasteiger partial charge in [0, 0.05) is 27.8 Å². The number of aromatic nitrogens is 1. The maximum absolute atomic E-state index is 14.0. The van der Waals surface area contributed by atoms with E-state index in [1.807, 2.05) is 30.3 Å². The topological polar surface area (TPSA) is 68.7 Å². The van der Waals surface area contributed by atoms with Gasteiger partial charge in [0.25, 0.3) is 0 Å². The van der Waals surface area contributed by atoms with E-state index in [1.54, 1.807) is 5.38 Å². The fourth-order valence-electron chi connectivity index (χ4n) is 2.89. The molecule has 0 fully saturated rings. The molecule has 0 saturated carbocycles. The van der Waals surface area contributed by atoms with Crippen LogP contribution in [0.4, 0.5) is 4.39 Å². The first kappa shape index (κ1) is 18.9. The molecule has 0 saturated heterocycles. The normalized spacial score (nSPS) is 15.7. The first-order chi connectivity index (χ1) is 13.6. The molecule has 5 nitrogen and oxygen atoms in total. The number of nitrogens with zero attached hydrogens (tertiary/aromatic N) is 1. The molecule has 4 rings (SSSR count). The van der Waals surface area contributed by atoms with E-state index in [0.717, 1.165) is 15.5 Å². The number of carboxylic acid groups (broad SMARTS) is 1. The van der Waals surface area contributed by atoms with E-state index in [1.165, 1.54) is 35.2 Å². The highest BCUT2D eigenvalue weighted by Gasteiger charge is 2.25. The summed E-state index contributed by atoms with van der Waals surface area (Å²) in [5.41, 5.74) is 2.82. The molecule has 2 aromatic carbocycles. The van der Waals surface area contributed by atoms with E-state index in [9.17, 15) is 9.18 Å². The lowest BCUT2D eigenvalue weighted by Crippen LogP contribution is -2.19. The molecule has 144 valence electrons. The minimum atomic E-state index is -0.915. The number of thiazole rings is 1. The molecule has 1 aliphatic rings. The maximum Gasteiger partial charge on any atom is 0.309 e. The number of rotatable bonds is 6. The van der Waals surface area contributed by atoms with E-state index < -0.39 is 12.3 Å². The van der Waals surface area contributed by atoms with Crippen molar-refractivity contribution in [2.75, 3.05) is 0 Å². The summed E-state index contributed by atoms with van der Waals surface area (Å²) in [4.78, 5) is 15.1. The quantitative estimate of drug-likeness (QED) is 0.581. The minimum Gasteiger partial charge on any atom is -0.481 e. The Bertz CT molecular complexity index is 993. The summed E-state index contributed by atoms with van der Waals surface area (Å²) in [6.07, 6.45) is -0.643. The number of thioether (sulfide) groups is 1. The van der Waals surface area contributed by atoms with Gasteiger partial charge >= 0.3 is 5.97 Å². The average Bonchev–Trinajstić information content (AvgIpc) is 3.13. The van der Waals surface area contributed by atoms with Gasteiger partial charge in [-0.25, -0.2) is 9.37 Å². The Hall–Kier alpha value is -2.42. The monoisotopic (exact) mass is 417 g/mol. The fraction of sp³-hybridized carbons (Fsp3) is 0.200. The zero-order valence-electron chi connectivity index (χ0n) is 14.6. The molecule has 0 spiro atoms. The van der Waals surface area contributed by atoms with Crippen molar-refractivity contribution in [3.8, 4) is 5.75 Å². The zero-order valence-corrected chi connectivity index (χ0v) is 16.3. The lowest BCUT2D eigenvalue weighted by Gasteiger charge is -2.28. The van der Waals surface area contributed by atoms with Crippen LogP contribution in [-0.2, 0) is 28.3 Å². The second-order valence-electron chi connectivity index (χ2n) is 6.19. The predicted molar refractivity (Wildman–Crippen MR) is 104 cm³/mol. The zero-order chi connectivity index (χ0) is 19.5. The third-order valence-corrected chi connectivity index (χ3v) is 6.23. The standard InChI is InChI=1S/C20H16FNO4S2/c21-15-6-13-9-25-19(12-4-2-1-3-5-12)26-18(13)14(7-15)10-27-20-22-16(11-28-20)8-17(23)24/h1-7,11,19H,8-10H2,(H,23,24). The highest BCUT2D eigenvalue weighted by Crippen LogP contribution is 2.39. The summed E-state index contributed by atoms with van der Waals surface area (Å²) in [5.74, 6) is -0.162. The summed E-state index contributed by atoms with van der Waals surface area (Å²) >= 11 is 2.81. The van der Waals surface area contributed by atoms with E-state index in [0.29, 0.717) is 22.8 Å². The van der Waals surface area contributed by atoms with Crippen LogP contribution in [0.2, 0.25) is 0 Å². The molecule has 0 bridgehead atoms. The average molecular weight is 417 g/mol. The van der Waals surface area contributed by atoms with Gasteiger partial charge in [-0.2, -0.15) is 0 Å². The van der Waals surface area contributed by atoms with Crippen LogP contribution in [-0.4, -0.2) is 16.1 Å². The molecule has 0 aliphatic carbocycles. The van der Waals surface area contributed by atoms with Crippen molar-refractivity contribution in [3.05, 3.63) is 76.0 Å². The smallest absolute Gasteiger partial charge is 0.309 e. The van der Waals surface area contributed by atoms with Crippen LogP contribution in [0.25, 0.3) is 0 Å². The SMILES string of the molecule is O=C(O)Cc1csc(SCc2cc(F)cc3c2OC(c2ccccc2)OC3)n1. The lowest BCUT2D eigenvalue weighted by atomic mass is 10.1. The Morgan fingerprint density at radius 2 is 2.14 bits per heavy atom. The number of aliphatic carboxylic acids is 1. The molecule has 1 atom stereocenters. The van der Waals surface area contributed by atoms with E-state index in [4.69, 9.17) is 14.6 Å². The van der Waals surface area contributed by atoms with Gasteiger partial charge in [-0.1, -0.05) is 42.1 Å². The molecule has 1 N–H and O–H groups in total. The Morgan fingerprint density at radius 3 is 2.93 bits per heavy atom. The molecule has 1 aliphatic heterocycles. The summed E-state index contributed by atoms with van der Waals surface area (Å²) in [5, 5.41) is 10.6. The molecule has 28 heavy (non-hydrogen) atoms. The second-order valence-corrected chi connectivity index (χ2v) is 8.27. The molecule has 0 amide bonds. The molecule has 3 aromatic rings. The van der Waals surface area contributed by atoms with Gasteiger partial charge in [-0.15, -0.1) is 11.3 Å². The van der Waals surface area contributed by atoms with Gasteiger partial charge < -0.3 is 14.6 Å².